The summed E-state index contributed by atoms with van der Waals surface area (Å²) in [6.07, 6.45) is 2.73. The zero-order valence-corrected chi connectivity index (χ0v) is 20.8. The van der Waals surface area contributed by atoms with Crippen molar-refractivity contribution in [3.63, 3.8) is 0 Å². The molecule has 10 nitrogen and oxygen atoms in total. The van der Waals surface area contributed by atoms with Gasteiger partial charge in [0, 0.05) is 31.8 Å². The van der Waals surface area contributed by atoms with Gasteiger partial charge in [-0.1, -0.05) is 29.3 Å². The highest BCUT2D eigenvalue weighted by atomic mass is 35.5. The molecule has 2 amide bonds. The van der Waals surface area contributed by atoms with Crippen LogP contribution in [-0.2, 0) is 20.8 Å². The molecular weight excluding hydrogens is 501 g/mol. The second-order valence-corrected chi connectivity index (χ2v) is 9.13. The number of carboxylic acids is 2. The number of amides is 2. The molecular formula is C23H29Cl2N3O7. The smallest absolute Gasteiger partial charge is 0.407 e. The summed E-state index contributed by atoms with van der Waals surface area (Å²) in [5.74, 6) is -2.52. The van der Waals surface area contributed by atoms with E-state index in [1.54, 1.807) is 18.2 Å². The summed E-state index contributed by atoms with van der Waals surface area (Å²) in [4.78, 5) is 49.3. The number of carbonyl (C=O) groups is 4. The molecule has 12 heteroatoms. The lowest BCUT2D eigenvalue weighted by Crippen LogP contribution is -2.64. The Labute approximate surface area is 213 Å². The molecule has 0 radical (unpaired) electrons. The molecule has 3 N–H and O–H groups in total. The van der Waals surface area contributed by atoms with E-state index in [0.717, 1.165) is 31.5 Å². The second-order valence-electron chi connectivity index (χ2n) is 8.31. The predicted octanol–water partition coefficient (Wildman–Crippen LogP) is 2.92. The van der Waals surface area contributed by atoms with Crippen LogP contribution in [0.25, 0.3) is 0 Å². The van der Waals surface area contributed by atoms with Crippen LogP contribution in [0.4, 0.5) is 4.79 Å². The number of carboxylic acid groups (broad SMARTS) is 3. The van der Waals surface area contributed by atoms with Crippen molar-refractivity contribution in [1.82, 2.24) is 14.7 Å². The van der Waals surface area contributed by atoms with Gasteiger partial charge >= 0.3 is 18.0 Å². The molecule has 2 atom stereocenters. The van der Waals surface area contributed by atoms with Crippen LogP contribution in [-0.4, -0.2) is 98.8 Å². The number of hydrogen-bond donors (Lipinski definition) is 3. The van der Waals surface area contributed by atoms with E-state index < -0.39 is 18.0 Å². The largest absolute Gasteiger partial charge is 0.478 e. The maximum atomic E-state index is 13.0. The molecule has 1 aromatic carbocycles. The molecule has 192 valence electrons. The molecule has 0 aromatic heterocycles. The first-order valence-electron chi connectivity index (χ1n) is 11.1. The van der Waals surface area contributed by atoms with Crippen LogP contribution < -0.4 is 0 Å². The standard InChI is InChI=1S/C19H25Cl2N3O3.C4H4O4/c1-13-17(12-22-6-2-3-7-22)24(9-8-23(13)19(26)27)18(25)11-14-4-5-15(20)16(21)10-14;5-3(6)1-2-4(7)8/h4-5,10,13,17H,2-3,6-9,11-12H2,1H3,(H,26,27);1-2H,(H,5,6)(H,7,8). The first-order chi connectivity index (χ1) is 16.5. The average molecular weight is 530 g/mol. The van der Waals surface area contributed by atoms with Crippen LogP contribution in [0.15, 0.2) is 30.4 Å². The lowest BCUT2D eigenvalue weighted by molar-refractivity contribution is -0.137. The fourth-order valence-electron chi connectivity index (χ4n) is 4.18. The molecule has 2 heterocycles. The van der Waals surface area contributed by atoms with Gasteiger partial charge in [0.15, 0.2) is 0 Å². The molecule has 2 unspecified atom stereocenters. The highest BCUT2D eigenvalue weighted by Crippen LogP contribution is 2.25. The summed E-state index contributed by atoms with van der Waals surface area (Å²) in [6, 6.07) is 4.82. The van der Waals surface area contributed by atoms with Gasteiger partial charge in [0.25, 0.3) is 0 Å². The van der Waals surface area contributed by atoms with Gasteiger partial charge in [-0.15, -0.1) is 0 Å². The summed E-state index contributed by atoms with van der Waals surface area (Å²) in [5.41, 5.74) is 0.808. The van der Waals surface area contributed by atoms with Crippen molar-refractivity contribution in [1.29, 1.82) is 0 Å². The minimum Gasteiger partial charge on any atom is -0.478 e. The van der Waals surface area contributed by atoms with E-state index in [1.165, 1.54) is 4.90 Å². The third-order valence-electron chi connectivity index (χ3n) is 5.95. The zero-order valence-electron chi connectivity index (χ0n) is 19.3. The summed E-state index contributed by atoms with van der Waals surface area (Å²) >= 11 is 12.0. The van der Waals surface area contributed by atoms with Crippen LogP contribution in [0.2, 0.25) is 10.0 Å². The second kappa shape index (κ2) is 13.3. The fourth-order valence-corrected chi connectivity index (χ4v) is 4.50. The minimum absolute atomic E-state index is 0.00512. The van der Waals surface area contributed by atoms with Crippen molar-refractivity contribution in [3.05, 3.63) is 46.0 Å². The van der Waals surface area contributed by atoms with Gasteiger partial charge < -0.3 is 30.0 Å². The molecule has 0 aliphatic carbocycles. The summed E-state index contributed by atoms with van der Waals surface area (Å²) in [7, 11) is 0. The third-order valence-corrected chi connectivity index (χ3v) is 6.69. The molecule has 1 aromatic rings. The lowest BCUT2D eigenvalue weighted by Gasteiger charge is -2.46. The molecule has 2 saturated heterocycles. The van der Waals surface area contributed by atoms with Gasteiger partial charge in [-0.3, -0.25) is 4.79 Å². The van der Waals surface area contributed by atoms with Crippen molar-refractivity contribution in [3.8, 4) is 0 Å². The monoisotopic (exact) mass is 529 g/mol. The van der Waals surface area contributed by atoms with Gasteiger partial charge in [-0.2, -0.15) is 0 Å². The molecule has 0 spiro atoms. The van der Waals surface area contributed by atoms with E-state index in [2.05, 4.69) is 4.90 Å². The first kappa shape index (κ1) is 28.4. The van der Waals surface area contributed by atoms with E-state index >= 15 is 0 Å². The number of carbonyl (C=O) groups excluding carboxylic acids is 1. The number of benzene rings is 1. The zero-order chi connectivity index (χ0) is 26.1. The van der Waals surface area contributed by atoms with Crippen molar-refractivity contribution >= 4 is 47.1 Å². The number of rotatable bonds is 6. The van der Waals surface area contributed by atoms with Gasteiger partial charge in [-0.05, 0) is 50.6 Å². The maximum Gasteiger partial charge on any atom is 0.407 e. The summed E-state index contributed by atoms with van der Waals surface area (Å²) in [6.45, 7) is 5.36. The quantitative estimate of drug-likeness (QED) is 0.478. The van der Waals surface area contributed by atoms with Gasteiger partial charge in [0.2, 0.25) is 5.91 Å². The first-order valence-corrected chi connectivity index (χ1v) is 11.8. The van der Waals surface area contributed by atoms with Crippen molar-refractivity contribution in [2.45, 2.75) is 38.3 Å². The average Bonchev–Trinajstić information content (AvgIpc) is 3.29. The Morgan fingerprint density at radius 1 is 0.914 bits per heavy atom. The number of hydrogen-bond acceptors (Lipinski definition) is 5. The van der Waals surface area contributed by atoms with Crippen LogP contribution in [0.1, 0.15) is 25.3 Å². The Morgan fingerprint density at radius 3 is 2.00 bits per heavy atom. The molecule has 0 bridgehead atoms. The fraction of sp³-hybridized carbons (Fsp3) is 0.478. The van der Waals surface area contributed by atoms with Crippen LogP contribution in [0, 0.1) is 0 Å². The Kier molecular flexibility index (Phi) is 10.8. The minimum atomic E-state index is -1.26. The number of halogens is 2. The molecule has 0 saturated carbocycles. The van der Waals surface area contributed by atoms with Gasteiger partial charge in [-0.25, -0.2) is 14.4 Å². The number of piperazine rings is 1. The number of aliphatic carboxylic acids is 2. The normalized spacial score (nSPS) is 20.4. The maximum absolute atomic E-state index is 13.0. The van der Waals surface area contributed by atoms with Gasteiger partial charge in [0.1, 0.15) is 0 Å². The molecule has 2 fully saturated rings. The number of nitrogens with zero attached hydrogens (tertiary/aromatic N) is 3. The highest BCUT2D eigenvalue weighted by molar-refractivity contribution is 6.42. The molecule has 35 heavy (non-hydrogen) atoms. The van der Waals surface area contributed by atoms with E-state index in [1.807, 2.05) is 11.8 Å². The predicted molar refractivity (Wildman–Crippen MR) is 130 cm³/mol. The van der Waals surface area contributed by atoms with E-state index in [9.17, 15) is 24.3 Å². The van der Waals surface area contributed by atoms with E-state index in [4.69, 9.17) is 33.4 Å². The Hall–Kier alpha value is -2.82. The summed E-state index contributed by atoms with van der Waals surface area (Å²) < 4.78 is 0. The summed E-state index contributed by atoms with van der Waals surface area (Å²) in [5, 5.41) is 26.0. The molecule has 2 aliphatic rings. The molecule has 2 aliphatic heterocycles. The topological polar surface area (TPSA) is 139 Å². The van der Waals surface area contributed by atoms with Crippen molar-refractivity contribution in [2.24, 2.45) is 0 Å². The molecule has 3 rings (SSSR count). The third kappa shape index (κ3) is 8.72. The lowest BCUT2D eigenvalue weighted by atomic mass is 10.0. The van der Waals surface area contributed by atoms with E-state index in [0.29, 0.717) is 41.8 Å². The number of likely N-dealkylation sites (tertiary alicyclic amines) is 1. The van der Waals surface area contributed by atoms with E-state index in [-0.39, 0.29) is 24.4 Å². The SMILES string of the molecule is CC1C(CN2CCCC2)N(C(=O)Cc2ccc(Cl)c(Cl)c2)CCN1C(=O)O.O=C(O)C=CC(=O)O. The van der Waals surface area contributed by atoms with Crippen LogP contribution >= 0.6 is 23.2 Å². The van der Waals surface area contributed by atoms with Crippen LogP contribution in [0.5, 0.6) is 0 Å². The van der Waals surface area contributed by atoms with Crippen molar-refractivity contribution < 1.29 is 34.5 Å². The highest BCUT2D eigenvalue weighted by Gasteiger charge is 2.39. The van der Waals surface area contributed by atoms with Gasteiger partial charge in [0.05, 0.1) is 28.5 Å². The van der Waals surface area contributed by atoms with Crippen LogP contribution in [0.3, 0.4) is 0 Å². The Balaban J connectivity index is 0.000000466. The van der Waals surface area contributed by atoms with Crippen molar-refractivity contribution in [2.75, 3.05) is 32.7 Å². The Bertz CT molecular complexity index is 950. The Morgan fingerprint density at radius 2 is 1.49 bits per heavy atom.